The van der Waals surface area contributed by atoms with E-state index < -0.39 is 5.54 Å². The van der Waals surface area contributed by atoms with Crippen molar-refractivity contribution < 1.29 is 5.11 Å². The van der Waals surface area contributed by atoms with Crippen molar-refractivity contribution in [3.63, 3.8) is 0 Å². The van der Waals surface area contributed by atoms with Crippen LogP contribution in [0.15, 0.2) is 41.0 Å². The molecular formula is C16H20BrN3O. The molecule has 0 aliphatic rings. The fraction of sp³-hybridized carbons (Fsp3) is 0.375. The Kier molecular flexibility index (Phi) is 5.31. The second-order valence-corrected chi connectivity index (χ2v) is 6.04. The van der Waals surface area contributed by atoms with Gasteiger partial charge in [-0.25, -0.2) is 9.97 Å². The molecule has 0 saturated heterocycles. The lowest BCUT2D eigenvalue weighted by Gasteiger charge is -2.30. The van der Waals surface area contributed by atoms with Crippen LogP contribution in [0.25, 0.3) is 0 Å². The molecule has 0 spiro atoms. The summed E-state index contributed by atoms with van der Waals surface area (Å²) >= 11 is 3.42. The molecule has 0 aliphatic heterocycles. The molecule has 1 atom stereocenters. The number of halogens is 1. The van der Waals surface area contributed by atoms with Gasteiger partial charge in [0.25, 0.3) is 0 Å². The van der Waals surface area contributed by atoms with Gasteiger partial charge in [-0.05, 0) is 34.8 Å². The molecule has 0 radical (unpaired) electrons. The normalized spacial score (nSPS) is 13.7. The largest absolute Gasteiger partial charge is 0.394 e. The quantitative estimate of drug-likeness (QED) is 0.783. The van der Waals surface area contributed by atoms with Crippen molar-refractivity contribution >= 4 is 21.7 Å². The second kappa shape index (κ2) is 7.00. The topological polar surface area (TPSA) is 58.0 Å². The lowest BCUT2D eigenvalue weighted by molar-refractivity contribution is 0.223. The molecule has 1 aromatic carbocycles. The number of aliphatic hydroxyl groups excluding tert-OH is 1. The van der Waals surface area contributed by atoms with Gasteiger partial charge in [0.15, 0.2) is 0 Å². The van der Waals surface area contributed by atoms with Crippen LogP contribution in [0, 0.1) is 0 Å². The maximum Gasteiger partial charge on any atom is 0.132 e. The molecule has 0 fully saturated rings. The highest BCUT2D eigenvalue weighted by molar-refractivity contribution is 9.10. The number of benzene rings is 1. The van der Waals surface area contributed by atoms with Crippen molar-refractivity contribution in [2.24, 2.45) is 0 Å². The zero-order valence-electron chi connectivity index (χ0n) is 12.3. The number of nitrogens with zero attached hydrogens (tertiary/aromatic N) is 2. The minimum absolute atomic E-state index is 0.0260. The summed E-state index contributed by atoms with van der Waals surface area (Å²) in [6, 6.07) is 11.7. The van der Waals surface area contributed by atoms with E-state index >= 15 is 0 Å². The molecule has 1 unspecified atom stereocenters. The van der Waals surface area contributed by atoms with Gasteiger partial charge in [-0.1, -0.05) is 37.3 Å². The highest BCUT2D eigenvalue weighted by Crippen LogP contribution is 2.26. The SMILES string of the molecule is CCCc1nc(Br)cc(NC(C)(CO)c2ccccc2)n1. The van der Waals surface area contributed by atoms with Gasteiger partial charge in [0.2, 0.25) is 0 Å². The highest BCUT2D eigenvalue weighted by Gasteiger charge is 2.26. The van der Waals surface area contributed by atoms with E-state index in [2.05, 4.69) is 38.1 Å². The zero-order valence-corrected chi connectivity index (χ0v) is 13.9. The molecular weight excluding hydrogens is 330 g/mol. The molecule has 2 N–H and O–H groups in total. The van der Waals surface area contributed by atoms with E-state index in [1.807, 2.05) is 43.3 Å². The molecule has 0 saturated carbocycles. The van der Waals surface area contributed by atoms with Crippen LogP contribution in [0.4, 0.5) is 5.82 Å². The molecule has 112 valence electrons. The van der Waals surface area contributed by atoms with E-state index in [1.165, 1.54) is 0 Å². The Labute approximate surface area is 133 Å². The first kappa shape index (κ1) is 15.9. The molecule has 21 heavy (non-hydrogen) atoms. The summed E-state index contributed by atoms with van der Waals surface area (Å²) in [6.07, 6.45) is 1.82. The summed E-state index contributed by atoms with van der Waals surface area (Å²) in [7, 11) is 0. The molecule has 0 aliphatic carbocycles. The first-order valence-corrected chi connectivity index (χ1v) is 7.84. The molecule has 0 amide bonds. The predicted molar refractivity (Wildman–Crippen MR) is 88.2 cm³/mol. The Hall–Kier alpha value is -1.46. The van der Waals surface area contributed by atoms with Crippen LogP contribution in [-0.2, 0) is 12.0 Å². The number of hydrogen-bond acceptors (Lipinski definition) is 4. The minimum Gasteiger partial charge on any atom is -0.394 e. The van der Waals surface area contributed by atoms with Crippen molar-refractivity contribution in [1.82, 2.24) is 9.97 Å². The predicted octanol–water partition coefficient (Wildman–Crippen LogP) is 3.51. The first-order valence-electron chi connectivity index (χ1n) is 7.05. The monoisotopic (exact) mass is 349 g/mol. The third-order valence-corrected chi connectivity index (χ3v) is 3.75. The van der Waals surface area contributed by atoms with Gasteiger partial charge >= 0.3 is 0 Å². The Morgan fingerprint density at radius 2 is 1.95 bits per heavy atom. The number of nitrogens with one attached hydrogen (secondary N) is 1. The van der Waals surface area contributed by atoms with Gasteiger partial charge in [0, 0.05) is 12.5 Å². The van der Waals surface area contributed by atoms with E-state index in [-0.39, 0.29) is 6.61 Å². The molecule has 0 bridgehead atoms. The van der Waals surface area contributed by atoms with E-state index in [0.717, 1.165) is 28.8 Å². The fourth-order valence-corrected chi connectivity index (χ4v) is 2.58. The van der Waals surface area contributed by atoms with Crippen LogP contribution in [0.3, 0.4) is 0 Å². The van der Waals surface area contributed by atoms with Gasteiger partial charge in [-0.15, -0.1) is 0 Å². The number of aromatic nitrogens is 2. The number of hydrogen-bond donors (Lipinski definition) is 2. The van der Waals surface area contributed by atoms with Crippen LogP contribution in [-0.4, -0.2) is 21.7 Å². The van der Waals surface area contributed by atoms with E-state index in [0.29, 0.717) is 5.82 Å². The summed E-state index contributed by atoms with van der Waals surface area (Å²) in [5.74, 6) is 1.50. The van der Waals surface area contributed by atoms with Crippen molar-refractivity contribution in [2.75, 3.05) is 11.9 Å². The smallest absolute Gasteiger partial charge is 0.132 e. The van der Waals surface area contributed by atoms with Gasteiger partial charge in [0.05, 0.1) is 12.1 Å². The maximum atomic E-state index is 9.82. The molecule has 4 nitrogen and oxygen atoms in total. The highest BCUT2D eigenvalue weighted by atomic mass is 79.9. The standard InChI is InChI=1S/C16H20BrN3O/c1-3-7-14-18-13(17)10-15(19-14)20-16(2,11-21)12-8-5-4-6-9-12/h4-6,8-10,21H,3,7,11H2,1-2H3,(H,18,19,20). The molecule has 1 aromatic heterocycles. The number of aryl methyl sites for hydroxylation is 1. The van der Waals surface area contributed by atoms with Crippen LogP contribution in [0.5, 0.6) is 0 Å². The Morgan fingerprint density at radius 3 is 2.57 bits per heavy atom. The summed E-state index contributed by atoms with van der Waals surface area (Å²) in [4.78, 5) is 8.87. The second-order valence-electron chi connectivity index (χ2n) is 5.22. The Bertz CT molecular complexity index is 591. The number of aliphatic hydroxyl groups is 1. The minimum atomic E-state index is -0.585. The average Bonchev–Trinajstić information content (AvgIpc) is 2.48. The van der Waals surface area contributed by atoms with E-state index in [9.17, 15) is 5.11 Å². The lowest BCUT2D eigenvalue weighted by Crippen LogP contribution is -2.36. The van der Waals surface area contributed by atoms with Gasteiger partial charge in [0.1, 0.15) is 16.2 Å². The number of anilines is 1. The molecule has 1 heterocycles. The van der Waals surface area contributed by atoms with Crippen LogP contribution < -0.4 is 5.32 Å². The molecule has 5 heteroatoms. The maximum absolute atomic E-state index is 9.82. The van der Waals surface area contributed by atoms with Gasteiger partial charge in [-0.2, -0.15) is 0 Å². The van der Waals surface area contributed by atoms with Crippen molar-refractivity contribution in [2.45, 2.75) is 32.2 Å². The summed E-state index contributed by atoms with van der Waals surface area (Å²) in [6.45, 7) is 4.03. The van der Waals surface area contributed by atoms with E-state index in [1.54, 1.807) is 0 Å². The first-order chi connectivity index (χ1) is 10.1. The summed E-state index contributed by atoms with van der Waals surface area (Å²) < 4.78 is 0.747. The van der Waals surface area contributed by atoms with Crippen molar-refractivity contribution in [3.05, 3.63) is 52.4 Å². The Balaban J connectivity index is 2.30. The third kappa shape index (κ3) is 4.02. The van der Waals surface area contributed by atoms with E-state index in [4.69, 9.17) is 0 Å². The number of rotatable bonds is 6. The van der Waals surface area contributed by atoms with Gasteiger partial charge < -0.3 is 10.4 Å². The fourth-order valence-electron chi connectivity index (χ4n) is 2.16. The van der Waals surface area contributed by atoms with Crippen LogP contribution in [0.1, 0.15) is 31.7 Å². The lowest BCUT2D eigenvalue weighted by atomic mass is 9.93. The summed E-state index contributed by atoms with van der Waals surface area (Å²) in [5, 5.41) is 13.2. The third-order valence-electron chi connectivity index (χ3n) is 3.35. The molecule has 2 rings (SSSR count). The Morgan fingerprint density at radius 1 is 1.24 bits per heavy atom. The van der Waals surface area contributed by atoms with Crippen molar-refractivity contribution in [1.29, 1.82) is 0 Å². The average molecular weight is 350 g/mol. The van der Waals surface area contributed by atoms with Crippen molar-refractivity contribution in [3.8, 4) is 0 Å². The van der Waals surface area contributed by atoms with Gasteiger partial charge in [-0.3, -0.25) is 0 Å². The van der Waals surface area contributed by atoms with Crippen LogP contribution >= 0.6 is 15.9 Å². The zero-order chi connectivity index (χ0) is 15.3. The van der Waals surface area contributed by atoms with Crippen LogP contribution in [0.2, 0.25) is 0 Å². The summed E-state index contributed by atoms with van der Waals surface area (Å²) in [5.41, 5.74) is 0.428. The molecule has 2 aromatic rings.